The van der Waals surface area contributed by atoms with E-state index in [1.165, 1.54) is 12.1 Å². The second kappa shape index (κ2) is 9.30. The van der Waals surface area contributed by atoms with Gasteiger partial charge in [0, 0.05) is 29.7 Å². The normalized spacial score (nSPS) is 11.2. The van der Waals surface area contributed by atoms with E-state index >= 15 is 0 Å². The van der Waals surface area contributed by atoms with E-state index in [-0.39, 0.29) is 17.6 Å². The molecule has 8 nitrogen and oxygen atoms in total. The summed E-state index contributed by atoms with van der Waals surface area (Å²) in [6.07, 6.45) is -2.95. The zero-order valence-electron chi connectivity index (χ0n) is 18.4. The third-order valence-electron chi connectivity index (χ3n) is 4.53. The molecule has 2 aromatic heterocycles. The van der Waals surface area contributed by atoms with Crippen molar-refractivity contribution in [1.29, 1.82) is 0 Å². The lowest BCUT2D eigenvalue weighted by Crippen LogP contribution is -2.16. The molecule has 0 atom stereocenters. The van der Waals surface area contributed by atoms with Crippen molar-refractivity contribution in [2.75, 3.05) is 12.4 Å². The number of H-pyrrole nitrogens is 1. The van der Waals surface area contributed by atoms with E-state index < -0.39 is 6.36 Å². The second-order valence-corrected chi connectivity index (χ2v) is 7.22. The van der Waals surface area contributed by atoms with Crippen molar-refractivity contribution in [2.24, 2.45) is 0 Å². The molecule has 11 heteroatoms. The van der Waals surface area contributed by atoms with Gasteiger partial charge in [0.05, 0.1) is 18.4 Å². The summed E-state index contributed by atoms with van der Waals surface area (Å²) in [7, 11) is 1.57. The molecular weight excluding hydrogens is 451 g/mol. The zero-order chi connectivity index (χ0) is 24.3. The van der Waals surface area contributed by atoms with E-state index in [4.69, 9.17) is 9.47 Å². The Balaban J connectivity index is 1.51. The van der Waals surface area contributed by atoms with Crippen molar-refractivity contribution >= 4 is 11.6 Å². The Morgan fingerprint density at radius 2 is 1.62 bits per heavy atom. The van der Waals surface area contributed by atoms with Crippen LogP contribution in [-0.2, 0) is 0 Å². The number of aryl methyl sites for hydroxylation is 2. The SMILES string of the molecule is COc1cc(Nc2nc(C)cc(Oc3ccc(OC(F)(F)F)cc3)n2)ccc1-c1nc(C)c[nH]1. The van der Waals surface area contributed by atoms with Gasteiger partial charge < -0.3 is 24.5 Å². The quantitative estimate of drug-likeness (QED) is 0.345. The van der Waals surface area contributed by atoms with Gasteiger partial charge in [-0.2, -0.15) is 4.98 Å². The number of halogens is 3. The number of ether oxygens (including phenoxy) is 3. The first-order valence-corrected chi connectivity index (χ1v) is 10.1. The molecule has 0 aliphatic rings. The number of nitrogens with zero attached hydrogens (tertiary/aromatic N) is 3. The van der Waals surface area contributed by atoms with E-state index in [0.717, 1.165) is 23.4 Å². The summed E-state index contributed by atoms with van der Waals surface area (Å²) >= 11 is 0. The number of rotatable bonds is 7. The molecule has 0 amide bonds. The number of alkyl halides is 3. The molecule has 0 fully saturated rings. The summed E-state index contributed by atoms with van der Waals surface area (Å²) in [5, 5.41) is 3.11. The number of aromatic amines is 1. The molecular formula is C23H20F3N5O3. The standard InChI is InChI=1S/C23H20F3N5O3/c1-13-10-20(33-16-5-7-17(8-6-16)34-23(24,25)26)31-22(29-13)30-15-4-9-18(19(11-15)32-3)21-27-12-14(2)28-21/h4-12H,1-3H3,(H,27,28)(H,29,30,31). The molecule has 0 unspecified atom stereocenters. The number of aromatic nitrogens is 4. The highest BCUT2D eigenvalue weighted by molar-refractivity contribution is 5.70. The van der Waals surface area contributed by atoms with Crippen LogP contribution in [0.3, 0.4) is 0 Å². The first-order valence-electron chi connectivity index (χ1n) is 10.1. The van der Waals surface area contributed by atoms with Gasteiger partial charge in [-0.05, 0) is 50.2 Å². The molecule has 176 valence electrons. The molecule has 0 aliphatic heterocycles. The number of hydrogen-bond donors (Lipinski definition) is 2. The van der Waals surface area contributed by atoms with Crippen molar-refractivity contribution in [2.45, 2.75) is 20.2 Å². The van der Waals surface area contributed by atoms with Gasteiger partial charge in [0.2, 0.25) is 11.8 Å². The minimum atomic E-state index is -4.76. The van der Waals surface area contributed by atoms with Gasteiger partial charge in [0.15, 0.2) is 0 Å². The van der Waals surface area contributed by atoms with Crippen LogP contribution in [0.15, 0.2) is 54.7 Å². The van der Waals surface area contributed by atoms with Crippen LogP contribution in [0.5, 0.6) is 23.1 Å². The van der Waals surface area contributed by atoms with Crippen LogP contribution < -0.4 is 19.5 Å². The molecule has 0 bridgehead atoms. The van der Waals surface area contributed by atoms with Gasteiger partial charge >= 0.3 is 6.36 Å². The number of benzene rings is 2. The van der Waals surface area contributed by atoms with Crippen LogP contribution in [0, 0.1) is 13.8 Å². The summed E-state index contributed by atoms with van der Waals surface area (Å²) < 4.78 is 52.0. The average Bonchev–Trinajstić information content (AvgIpc) is 3.19. The maximum atomic E-state index is 12.3. The van der Waals surface area contributed by atoms with Crippen molar-refractivity contribution < 1.29 is 27.4 Å². The predicted molar refractivity (Wildman–Crippen MR) is 119 cm³/mol. The fourth-order valence-electron chi connectivity index (χ4n) is 3.12. The highest BCUT2D eigenvalue weighted by Gasteiger charge is 2.31. The molecule has 2 heterocycles. The number of methoxy groups -OCH3 is 1. The highest BCUT2D eigenvalue weighted by atomic mass is 19.4. The molecule has 34 heavy (non-hydrogen) atoms. The van der Waals surface area contributed by atoms with Crippen LogP contribution in [0.25, 0.3) is 11.4 Å². The van der Waals surface area contributed by atoms with Crippen molar-refractivity contribution in [3.8, 4) is 34.5 Å². The number of imidazole rings is 1. The van der Waals surface area contributed by atoms with Gasteiger partial charge in [0.25, 0.3) is 0 Å². The molecule has 2 N–H and O–H groups in total. The Bertz CT molecular complexity index is 1290. The van der Waals surface area contributed by atoms with Crippen LogP contribution in [0.4, 0.5) is 24.8 Å². The van der Waals surface area contributed by atoms with Gasteiger partial charge in [-0.3, -0.25) is 0 Å². The molecule has 0 saturated carbocycles. The third kappa shape index (κ3) is 5.74. The third-order valence-corrected chi connectivity index (χ3v) is 4.53. The fourth-order valence-corrected chi connectivity index (χ4v) is 3.12. The lowest BCUT2D eigenvalue weighted by Gasteiger charge is -2.12. The minimum absolute atomic E-state index is 0.217. The summed E-state index contributed by atoms with van der Waals surface area (Å²) in [6, 6.07) is 12.1. The zero-order valence-corrected chi connectivity index (χ0v) is 18.4. The topological polar surface area (TPSA) is 94.2 Å². The summed E-state index contributed by atoms with van der Waals surface area (Å²) in [6.45, 7) is 3.66. The molecule has 0 radical (unpaired) electrons. The van der Waals surface area contributed by atoms with Crippen LogP contribution in [0.1, 0.15) is 11.4 Å². The van der Waals surface area contributed by atoms with E-state index in [1.807, 2.05) is 19.1 Å². The van der Waals surface area contributed by atoms with Gasteiger partial charge in [-0.25, -0.2) is 9.97 Å². The lowest BCUT2D eigenvalue weighted by atomic mass is 10.1. The molecule has 0 spiro atoms. The maximum absolute atomic E-state index is 12.3. The van der Waals surface area contributed by atoms with E-state index in [2.05, 4.69) is 30.0 Å². The van der Waals surface area contributed by atoms with E-state index in [0.29, 0.717) is 28.7 Å². The summed E-state index contributed by atoms with van der Waals surface area (Å²) in [4.78, 5) is 16.2. The summed E-state index contributed by atoms with van der Waals surface area (Å²) in [5.74, 6) is 1.73. The fraction of sp³-hybridized carbons (Fsp3) is 0.174. The Hall–Kier alpha value is -4.28. The first kappa shape index (κ1) is 22.9. The Kier molecular flexibility index (Phi) is 6.26. The molecule has 0 aliphatic carbocycles. The van der Waals surface area contributed by atoms with Gasteiger partial charge in [0.1, 0.15) is 23.1 Å². The van der Waals surface area contributed by atoms with Crippen molar-refractivity contribution in [3.05, 3.63) is 66.1 Å². The highest BCUT2D eigenvalue weighted by Crippen LogP contribution is 2.32. The largest absolute Gasteiger partial charge is 0.573 e. The van der Waals surface area contributed by atoms with Crippen molar-refractivity contribution in [1.82, 2.24) is 19.9 Å². The maximum Gasteiger partial charge on any atom is 0.573 e. The van der Waals surface area contributed by atoms with E-state index in [9.17, 15) is 13.2 Å². The Morgan fingerprint density at radius 3 is 2.26 bits per heavy atom. The van der Waals surface area contributed by atoms with Gasteiger partial charge in [-0.1, -0.05) is 0 Å². The second-order valence-electron chi connectivity index (χ2n) is 7.22. The molecule has 0 saturated heterocycles. The number of anilines is 2. The predicted octanol–water partition coefficient (Wildman–Crippen LogP) is 5.93. The van der Waals surface area contributed by atoms with Crippen LogP contribution in [-0.4, -0.2) is 33.4 Å². The minimum Gasteiger partial charge on any atom is -0.496 e. The molecule has 2 aromatic carbocycles. The molecule has 4 rings (SSSR count). The Labute approximate surface area is 192 Å². The van der Waals surface area contributed by atoms with Gasteiger partial charge in [-0.15, -0.1) is 13.2 Å². The van der Waals surface area contributed by atoms with Crippen LogP contribution in [0.2, 0.25) is 0 Å². The van der Waals surface area contributed by atoms with E-state index in [1.54, 1.807) is 32.4 Å². The van der Waals surface area contributed by atoms with Crippen LogP contribution >= 0.6 is 0 Å². The average molecular weight is 471 g/mol. The number of hydrogen-bond acceptors (Lipinski definition) is 7. The molecule has 4 aromatic rings. The monoisotopic (exact) mass is 471 g/mol. The van der Waals surface area contributed by atoms with Crippen molar-refractivity contribution in [3.63, 3.8) is 0 Å². The number of nitrogens with one attached hydrogen (secondary N) is 2. The smallest absolute Gasteiger partial charge is 0.496 e. The Morgan fingerprint density at radius 1 is 0.882 bits per heavy atom. The first-order chi connectivity index (χ1) is 16.2. The summed E-state index contributed by atoms with van der Waals surface area (Å²) in [5.41, 5.74) is 2.96. The lowest BCUT2D eigenvalue weighted by molar-refractivity contribution is -0.274.